The van der Waals surface area contributed by atoms with E-state index in [0.717, 1.165) is 18.5 Å². The standard InChI is InChI=1S/C13H16N2O2/c1-15(9-13(16)17)7-6-10-8-14-12-5-3-2-4-11(10)12/h2-5,8,14H,6-7,9H2,1H3,(H,16,17). The number of benzene rings is 1. The fraction of sp³-hybridized carbons (Fsp3) is 0.308. The van der Waals surface area contributed by atoms with E-state index >= 15 is 0 Å². The number of carboxylic acids is 1. The first-order valence-corrected chi connectivity index (χ1v) is 5.62. The number of aliphatic carboxylic acids is 1. The molecule has 2 rings (SSSR count). The molecule has 0 amide bonds. The lowest BCUT2D eigenvalue weighted by Gasteiger charge is -2.12. The van der Waals surface area contributed by atoms with Crippen molar-refractivity contribution < 1.29 is 9.90 Å². The molecule has 0 aliphatic rings. The molecule has 0 unspecified atom stereocenters. The van der Waals surface area contributed by atoms with Crippen molar-refractivity contribution in [1.29, 1.82) is 0 Å². The molecule has 0 saturated heterocycles. The lowest BCUT2D eigenvalue weighted by molar-refractivity contribution is -0.137. The van der Waals surface area contributed by atoms with Crippen LogP contribution in [0.1, 0.15) is 5.56 Å². The number of nitrogens with one attached hydrogen (secondary N) is 1. The highest BCUT2D eigenvalue weighted by Gasteiger charge is 2.06. The molecule has 0 fully saturated rings. The summed E-state index contributed by atoms with van der Waals surface area (Å²) in [6.45, 7) is 0.830. The van der Waals surface area contributed by atoms with E-state index in [2.05, 4.69) is 11.1 Å². The van der Waals surface area contributed by atoms with Crippen LogP contribution in [0.5, 0.6) is 0 Å². The lowest BCUT2D eigenvalue weighted by atomic mass is 10.1. The second kappa shape index (κ2) is 5.01. The molecule has 0 atom stereocenters. The molecule has 4 heteroatoms. The van der Waals surface area contributed by atoms with E-state index in [1.807, 2.05) is 36.3 Å². The Hall–Kier alpha value is -1.81. The van der Waals surface area contributed by atoms with E-state index in [0.29, 0.717) is 0 Å². The molecule has 0 bridgehead atoms. The number of H-pyrrole nitrogens is 1. The second-order valence-electron chi connectivity index (χ2n) is 4.24. The van der Waals surface area contributed by atoms with Crippen LogP contribution >= 0.6 is 0 Å². The summed E-state index contributed by atoms with van der Waals surface area (Å²) >= 11 is 0. The molecule has 0 aliphatic carbocycles. The third kappa shape index (κ3) is 2.85. The van der Waals surface area contributed by atoms with Crippen LogP contribution in [-0.4, -0.2) is 41.1 Å². The Labute approximate surface area is 99.9 Å². The summed E-state index contributed by atoms with van der Waals surface area (Å²) in [4.78, 5) is 15.6. The van der Waals surface area contributed by atoms with Gasteiger partial charge in [-0.15, -0.1) is 0 Å². The lowest BCUT2D eigenvalue weighted by Crippen LogP contribution is -2.27. The Morgan fingerprint density at radius 1 is 1.41 bits per heavy atom. The number of fused-ring (bicyclic) bond motifs is 1. The summed E-state index contributed by atoms with van der Waals surface area (Å²) < 4.78 is 0. The van der Waals surface area contributed by atoms with Crippen molar-refractivity contribution in [3.05, 3.63) is 36.0 Å². The number of hydrogen-bond donors (Lipinski definition) is 2. The highest BCUT2D eigenvalue weighted by molar-refractivity contribution is 5.83. The maximum Gasteiger partial charge on any atom is 0.317 e. The van der Waals surface area contributed by atoms with Gasteiger partial charge in [0.15, 0.2) is 0 Å². The van der Waals surface area contributed by atoms with Crippen molar-refractivity contribution in [2.24, 2.45) is 0 Å². The smallest absolute Gasteiger partial charge is 0.317 e. The van der Waals surface area contributed by atoms with Gasteiger partial charge in [0.05, 0.1) is 6.54 Å². The van der Waals surface area contributed by atoms with Gasteiger partial charge in [-0.2, -0.15) is 0 Å². The Morgan fingerprint density at radius 3 is 2.94 bits per heavy atom. The van der Waals surface area contributed by atoms with Gasteiger partial charge in [-0.05, 0) is 25.1 Å². The van der Waals surface area contributed by atoms with E-state index in [1.54, 1.807) is 0 Å². The van der Waals surface area contributed by atoms with E-state index in [9.17, 15) is 4.79 Å². The molecule has 2 N–H and O–H groups in total. The maximum absolute atomic E-state index is 10.5. The van der Waals surface area contributed by atoms with Crippen molar-refractivity contribution in [1.82, 2.24) is 9.88 Å². The maximum atomic E-state index is 10.5. The molecule has 1 aromatic heterocycles. The van der Waals surface area contributed by atoms with Gasteiger partial charge in [-0.3, -0.25) is 9.69 Å². The van der Waals surface area contributed by atoms with Crippen LogP contribution in [-0.2, 0) is 11.2 Å². The van der Waals surface area contributed by atoms with E-state index in [1.165, 1.54) is 10.9 Å². The number of aromatic nitrogens is 1. The Morgan fingerprint density at radius 2 is 2.18 bits per heavy atom. The fourth-order valence-corrected chi connectivity index (χ4v) is 1.96. The topological polar surface area (TPSA) is 56.3 Å². The minimum atomic E-state index is -0.786. The summed E-state index contributed by atoms with van der Waals surface area (Å²) in [6, 6.07) is 8.14. The number of nitrogens with zero attached hydrogens (tertiary/aromatic N) is 1. The Balaban J connectivity index is 2.02. The van der Waals surface area contributed by atoms with Gasteiger partial charge in [0, 0.05) is 23.6 Å². The first-order chi connectivity index (χ1) is 8.16. The molecule has 0 saturated carbocycles. The molecule has 4 nitrogen and oxygen atoms in total. The van der Waals surface area contributed by atoms with Gasteiger partial charge in [-0.25, -0.2) is 0 Å². The van der Waals surface area contributed by atoms with Gasteiger partial charge < -0.3 is 10.1 Å². The molecular formula is C13H16N2O2. The van der Waals surface area contributed by atoms with E-state index < -0.39 is 5.97 Å². The van der Waals surface area contributed by atoms with Crippen molar-refractivity contribution in [3.63, 3.8) is 0 Å². The van der Waals surface area contributed by atoms with Crippen LogP contribution in [0.2, 0.25) is 0 Å². The number of aromatic amines is 1. The Bertz CT molecular complexity index is 519. The zero-order valence-electron chi connectivity index (χ0n) is 9.81. The zero-order valence-corrected chi connectivity index (χ0v) is 9.81. The number of rotatable bonds is 5. The van der Waals surface area contributed by atoms with Crippen LogP contribution in [0.3, 0.4) is 0 Å². The zero-order chi connectivity index (χ0) is 12.3. The quantitative estimate of drug-likeness (QED) is 0.825. The summed E-state index contributed by atoms with van der Waals surface area (Å²) in [5, 5.41) is 9.88. The minimum Gasteiger partial charge on any atom is -0.480 e. The van der Waals surface area contributed by atoms with Crippen molar-refractivity contribution >= 4 is 16.9 Å². The summed E-state index contributed by atoms with van der Waals surface area (Å²) in [7, 11) is 1.82. The normalized spacial score (nSPS) is 11.2. The van der Waals surface area contributed by atoms with E-state index in [-0.39, 0.29) is 6.54 Å². The average Bonchev–Trinajstić information content (AvgIpc) is 2.69. The van der Waals surface area contributed by atoms with Crippen molar-refractivity contribution in [2.45, 2.75) is 6.42 Å². The van der Waals surface area contributed by atoms with Gasteiger partial charge in [0.2, 0.25) is 0 Å². The highest BCUT2D eigenvalue weighted by atomic mass is 16.4. The predicted molar refractivity (Wildman–Crippen MR) is 67.1 cm³/mol. The first kappa shape index (κ1) is 11.7. The van der Waals surface area contributed by atoms with Crippen LogP contribution in [0.4, 0.5) is 0 Å². The highest BCUT2D eigenvalue weighted by Crippen LogP contribution is 2.18. The monoisotopic (exact) mass is 232 g/mol. The largest absolute Gasteiger partial charge is 0.480 e. The van der Waals surface area contributed by atoms with Gasteiger partial charge in [0.25, 0.3) is 0 Å². The molecule has 1 heterocycles. The Kier molecular flexibility index (Phi) is 3.44. The summed E-state index contributed by atoms with van der Waals surface area (Å²) in [6.07, 6.45) is 2.85. The third-order valence-electron chi connectivity index (χ3n) is 2.84. The van der Waals surface area contributed by atoms with Gasteiger partial charge >= 0.3 is 5.97 Å². The van der Waals surface area contributed by atoms with Crippen LogP contribution < -0.4 is 0 Å². The second-order valence-corrected chi connectivity index (χ2v) is 4.24. The van der Waals surface area contributed by atoms with Crippen molar-refractivity contribution in [3.8, 4) is 0 Å². The summed E-state index contributed by atoms with van der Waals surface area (Å²) in [5.74, 6) is -0.786. The molecular weight excluding hydrogens is 216 g/mol. The third-order valence-corrected chi connectivity index (χ3v) is 2.84. The SMILES string of the molecule is CN(CCc1c[nH]c2ccccc12)CC(=O)O. The molecule has 17 heavy (non-hydrogen) atoms. The van der Waals surface area contributed by atoms with Gasteiger partial charge in [0.1, 0.15) is 0 Å². The minimum absolute atomic E-state index is 0.0857. The number of carboxylic acid groups (broad SMARTS) is 1. The average molecular weight is 232 g/mol. The fourth-order valence-electron chi connectivity index (χ4n) is 1.96. The molecule has 90 valence electrons. The molecule has 1 aromatic carbocycles. The molecule has 2 aromatic rings. The van der Waals surface area contributed by atoms with Crippen molar-refractivity contribution in [2.75, 3.05) is 20.1 Å². The molecule has 0 aliphatic heterocycles. The number of hydrogen-bond acceptors (Lipinski definition) is 2. The number of likely N-dealkylation sites (N-methyl/N-ethyl adjacent to an activating group) is 1. The number of para-hydroxylation sites is 1. The predicted octanol–water partition coefficient (Wildman–Crippen LogP) is 1.73. The van der Waals surface area contributed by atoms with Crippen LogP contribution in [0.15, 0.2) is 30.5 Å². The first-order valence-electron chi connectivity index (χ1n) is 5.62. The van der Waals surface area contributed by atoms with Crippen LogP contribution in [0, 0.1) is 0 Å². The van der Waals surface area contributed by atoms with Gasteiger partial charge in [-0.1, -0.05) is 18.2 Å². The van der Waals surface area contributed by atoms with Crippen LogP contribution in [0.25, 0.3) is 10.9 Å². The van der Waals surface area contributed by atoms with E-state index in [4.69, 9.17) is 5.11 Å². The number of carbonyl (C=O) groups is 1. The molecule has 0 spiro atoms. The molecule has 0 radical (unpaired) electrons. The summed E-state index contributed by atoms with van der Waals surface area (Å²) in [5.41, 5.74) is 2.36.